The maximum atomic E-state index is 14.8. The van der Waals surface area contributed by atoms with Crippen molar-refractivity contribution >= 4 is 35.0 Å². The van der Waals surface area contributed by atoms with Crippen LogP contribution in [0.15, 0.2) is 66.2 Å². The van der Waals surface area contributed by atoms with Crippen LogP contribution in [-0.2, 0) is 9.47 Å². The van der Waals surface area contributed by atoms with Gasteiger partial charge in [-0.3, -0.25) is 9.89 Å². The van der Waals surface area contributed by atoms with Gasteiger partial charge in [0.15, 0.2) is 5.17 Å². The van der Waals surface area contributed by atoms with Crippen molar-refractivity contribution in [2.75, 3.05) is 6.54 Å². The summed E-state index contributed by atoms with van der Waals surface area (Å²) in [5.74, 6) is -4.94. The van der Waals surface area contributed by atoms with Crippen LogP contribution in [0.25, 0.3) is 0 Å². The number of carbonyl (C=O) groups excluding carboxylic acids is 1. The first-order valence-electron chi connectivity index (χ1n) is 12.8. The predicted octanol–water partition coefficient (Wildman–Crippen LogP) is 5.83. The number of hydrogen-bond acceptors (Lipinski definition) is 7. The van der Waals surface area contributed by atoms with Crippen molar-refractivity contribution in [1.82, 2.24) is 4.90 Å². The second-order valence-electron chi connectivity index (χ2n) is 10.5. The highest BCUT2D eigenvalue weighted by Gasteiger charge is 2.55. The Morgan fingerprint density at radius 3 is 2.07 bits per heavy atom. The number of thioether (sulfide) groups is 1. The van der Waals surface area contributed by atoms with E-state index in [4.69, 9.17) is 14.5 Å². The summed E-state index contributed by atoms with van der Waals surface area (Å²) in [6, 6.07) is 10.8. The average molecular weight is 589 g/mol. The third-order valence-electron chi connectivity index (χ3n) is 6.67. The van der Waals surface area contributed by atoms with Crippen molar-refractivity contribution in [3.63, 3.8) is 0 Å². The topological polar surface area (TPSA) is 126 Å². The Bertz CT molecular complexity index is 1380. The van der Waals surface area contributed by atoms with E-state index in [1.807, 2.05) is 0 Å². The second kappa shape index (κ2) is 12.0. The van der Waals surface area contributed by atoms with Gasteiger partial charge in [0.2, 0.25) is 0 Å². The summed E-state index contributed by atoms with van der Waals surface area (Å²) in [4.78, 5) is 43.5. The number of aromatic carboxylic acids is 2. The molecule has 1 amide bonds. The number of fused-ring (bicyclic) bond motifs is 1. The third kappa shape index (κ3) is 6.28. The molecule has 2 heterocycles. The number of rotatable bonds is 7. The van der Waals surface area contributed by atoms with Crippen LogP contribution in [0.1, 0.15) is 64.4 Å². The second-order valence-corrected chi connectivity index (χ2v) is 11.6. The molecule has 0 unspecified atom stereocenters. The number of nitrogens with zero attached hydrogens (tertiary/aromatic N) is 2. The molecule has 1 fully saturated rings. The minimum Gasteiger partial charge on any atom is -0.478 e. The molecule has 1 saturated heterocycles. The van der Waals surface area contributed by atoms with Crippen LogP contribution >= 0.6 is 11.8 Å². The Labute approximate surface area is 239 Å². The summed E-state index contributed by atoms with van der Waals surface area (Å²) in [5.41, 5.74) is -1.93. The maximum Gasteiger partial charge on any atom is 0.416 e. The van der Waals surface area contributed by atoms with Gasteiger partial charge >= 0.3 is 18.0 Å². The number of carbonyl (C=O) groups is 3. The maximum absolute atomic E-state index is 14.8. The highest BCUT2D eigenvalue weighted by molar-refractivity contribution is 8.14. The number of benzene rings is 2. The van der Waals surface area contributed by atoms with E-state index in [2.05, 4.69) is 6.58 Å². The lowest BCUT2D eigenvalue weighted by molar-refractivity contribution is -0.113. The van der Waals surface area contributed by atoms with Gasteiger partial charge in [-0.25, -0.2) is 23.2 Å². The van der Waals surface area contributed by atoms with E-state index in [-0.39, 0.29) is 34.0 Å². The van der Waals surface area contributed by atoms with Crippen molar-refractivity contribution in [2.24, 2.45) is 4.99 Å². The fraction of sp³-hybridized carbons (Fsp3) is 0.379. The van der Waals surface area contributed by atoms with E-state index in [1.165, 1.54) is 53.4 Å². The molecule has 2 aromatic carbocycles. The average Bonchev–Trinajstić information content (AvgIpc) is 3.33. The first-order valence-corrected chi connectivity index (χ1v) is 13.7. The molecule has 0 bridgehead atoms. The molecule has 0 radical (unpaired) electrons. The summed E-state index contributed by atoms with van der Waals surface area (Å²) in [5, 5.41) is 20.1. The molecule has 2 aliphatic heterocycles. The van der Waals surface area contributed by atoms with Gasteiger partial charge in [0, 0.05) is 18.4 Å². The molecule has 0 aliphatic carbocycles. The normalized spacial score (nSPS) is 23.9. The minimum atomic E-state index is -3.05. The first-order chi connectivity index (χ1) is 19.3. The Hall–Kier alpha value is -3.77. The Kier molecular flexibility index (Phi) is 8.83. The van der Waals surface area contributed by atoms with Gasteiger partial charge in [-0.05, 0) is 44.0 Å². The van der Waals surface area contributed by atoms with Crippen molar-refractivity contribution in [3.8, 4) is 0 Å². The monoisotopic (exact) mass is 588 g/mol. The van der Waals surface area contributed by atoms with Crippen LogP contribution in [0.3, 0.4) is 0 Å². The number of carboxylic acid groups (broad SMARTS) is 2. The molecule has 0 aromatic heterocycles. The van der Waals surface area contributed by atoms with Crippen molar-refractivity contribution in [2.45, 2.75) is 62.2 Å². The smallest absolute Gasteiger partial charge is 0.416 e. The molecular formula is C29H30F2N2O7S. The lowest BCUT2D eigenvalue weighted by Crippen LogP contribution is -2.48. The predicted molar refractivity (Wildman–Crippen MR) is 149 cm³/mol. The van der Waals surface area contributed by atoms with E-state index in [9.17, 15) is 33.4 Å². The zero-order valence-electron chi connectivity index (χ0n) is 22.6. The fourth-order valence-corrected chi connectivity index (χ4v) is 6.37. The number of carboxylic acids is 2. The fourth-order valence-electron chi connectivity index (χ4n) is 5.15. The van der Waals surface area contributed by atoms with Crippen LogP contribution < -0.4 is 0 Å². The van der Waals surface area contributed by atoms with Gasteiger partial charge in [0.25, 0.3) is 6.43 Å². The molecule has 0 spiro atoms. The molecule has 2 aliphatic rings. The summed E-state index contributed by atoms with van der Waals surface area (Å²) in [7, 11) is 0. The van der Waals surface area contributed by atoms with Gasteiger partial charge in [-0.1, -0.05) is 54.2 Å². The molecule has 9 nitrogen and oxygen atoms in total. The largest absolute Gasteiger partial charge is 0.478 e. The number of amidine groups is 1. The molecular weight excluding hydrogens is 558 g/mol. The number of amides is 1. The van der Waals surface area contributed by atoms with E-state index in [0.717, 1.165) is 11.8 Å². The Morgan fingerprint density at radius 2 is 1.59 bits per heavy atom. The van der Waals surface area contributed by atoms with Gasteiger partial charge in [0.1, 0.15) is 17.1 Å². The SMILES string of the molecule is C=CCN(C(=O)OC(C)(C)C)C1=N[C@@H]2[C@@H](c3ccccc3C(=O)O)[C@@H](c3ccccc3C(=O)O)[C@@H](C(F)F)O[C@@H]2S1. The summed E-state index contributed by atoms with van der Waals surface area (Å²) in [6.07, 6.45) is -4.13. The molecule has 41 heavy (non-hydrogen) atoms. The number of aliphatic imine (C=N–C) groups is 1. The molecule has 2 aromatic rings. The molecule has 12 heteroatoms. The number of alkyl halides is 2. The van der Waals surface area contributed by atoms with Crippen LogP contribution in [0.4, 0.5) is 13.6 Å². The quantitative estimate of drug-likeness (QED) is 0.387. The highest BCUT2D eigenvalue weighted by atomic mass is 32.2. The third-order valence-corrected chi connectivity index (χ3v) is 7.82. The number of halogens is 2. The number of ether oxygens (including phenoxy) is 2. The zero-order chi connectivity index (χ0) is 30.1. The van der Waals surface area contributed by atoms with Crippen molar-refractivity contribution in [3.05, 3.63) is 83.4 Å². The van der Waals surface area contributed by atoms with Crippen LogP contribution in [0.5, 0.6) is 0 Å². The van der Waals surface area contributed by atoms with Crippen LogP contribution in [0, 0.1) is 0 Å². The Morgan fingerprint density at radius 1 is 1.05 bits per heavy atom. The minimum absolute atomic E-state index is 0.000117. The summed E-state index contributed by atoms with van der Waals surface area (Å²) in [6.45, 7) is 8.77. The summed E-state index contributed by atoms with van der Waals surface area (Å²) < 4.78 is 40.9. The van der Waals surface area contributed by atoms with Crippen molar-refractivity contribution < 1.29 is 42.9 Å². The molecule has 5 atom stereocenters. The van der Waals surface area contributed by atoms with Gasteiger partial charge in [-0.15, -0.1) is 6.58 Å². The van der Waals surface area contributed by atoms with E-state index in [1.54, 1.807) is 26.8 Å². The zero-order valence-corrected chi connectivity index (χ0v) is 23.4. The van der Waals surface area contributed by atoms with Gasteiger partial charge in [0.05, 0.1) is 17.2 Å². The molecule has 218 valence electrons. The van der Waals surface area contributed by atoms with Crippen molar-refractivity contribution in [1.29, 1.82) is 0 Å². The van der Waals surface area contributed by atoms with E-state index >= 15 is 0 Å². The first kappa shape index (κ1) is 30.2. The number of hydrogen-bond donors (Lipinski definition) is 2. The molecule has 0 saturated carbocycles. The van der Waals surface area contributed by atoms with Crippen LogP contribution in [-0.4, -0.2) is 74.5 Å². The Balaban J connectivity index is 1.93. The molecule has 4 rings (SSSR count). The summed E-state index contributed by atoms with van der Waals surface area (Å²) >= 11 is 0.947. The van der Waals surface area contributed by atoms with Gasteiger partial charge < -0.3 is 19.7 Å². The van der Waals surface area contributed by atoms with Crippen LogP contribution in [0.2, 0.25) is 0 Å². The van der Waals surface area contributed by atoms with Gasteiger partial charge in [-0.2, -0.15) is 0 Å². The lowest BCUT2D eigenvalue weighted by atomic mass is 9.70. The van der Waals surface area contributed by atoms with E-state index in [0.29, 0.717) is 0 Å². The lowest BCUT2D eigenvalue weighted by Gasteiger charge is -2.44. The molecule has 2 N–H and O–H groups in total. The standard InChI is InChI=1S/C29H30F2N2O7S/c1-5-14-33(28(38)40-29(2,3)4)27-32-21-19(15-10-6-8-12-17(15)24(34)35)20(22(23(30)31)39-26(21)41-27)16-11-7-9-13-18(16)25(36)37/h5-13,19-23,26H,1,14H2,2-4H3,(H,34,35)(H,36,37)/t19-,20+,21+,22-,26+/m0/s1. The van der Waals surface area contributed by atoms with E-state index < -0.39 is 59.5 Å². The highest BCUT2D eigenvalue weighted by Crippen LogP contribution is 2.53.